The molecule has 1 fully saturated rings. The van der Waals surface area contributed by atoms with Gasteiger partial charge < -0.3 is 15.0 Å². The molecular formula is C19H20N4O2S. The smallest absolute Gasteiger partial charge is 0.170 e. The number of ether oxygens (including phenoxy) is 1. The van der Waals surface area contributed by atoms with E-state index in [1.807, 2.05) is 18.2 Å². The monoisotopic (exact) mass is 368 g/mol. The van der Waals surface area contributed by atoms with Crippen molar-refractivity contribution in [3.8, 4) is 11.3 Å². The maximum atomic E-state index is 5.89. The molecule has 2 aromatic heterocycles. The summed E-state index contributed by atoms with van der Waals surface area (Å²) in [6, 6.07) is 14.2. The van der Waals surface area contributed by atoms with Gasteiger partial charge in [0.05, 0.1) is 24.5 Å². The molecule has 2 N–H and O–H groups in total. The first-order chi connectivity index (χ1) is 12.8. The van der Waals surface area contributed by atoms with Gasteiger partial charge in [0.25, 0.3) is 0 Å². The van der Waals surface area contributed by atoms with Gasteiger partial charge in [0.15, 0.2) is 5.76 Å². The van der Waals surface area contributed by atoms with Crippen LogP contribution in [0.15, 0.2) is 58.1 Å². The highest BCUT2D eigenvalue weighted by molar-refractivity contribution is 7.97. The molecule has 1 aliphatic heterocycles. The first-order valence-corrected chi connectivity index (χ1v) is 9.31. The minimum atomic E-state index is 0.444. The zero-order chi connectivity index (χ0) is 17.8. The number of benzene rings is 1. The predicted octanol–water partition coefficient (Wildman–Crippen LogP) is 3.25. The van der Waals surface area contributed by atoms with Gasteiger partial charge in [-0.05, 0) is 41.8 Å². The second-order valence-electron chi connectivity index (χ2n) is 6.07. The summed E-state index contributed by atoms with van der Waals surface area (Å²) in [5.41, 5.74) is 8.72. The van der Waals surface area contributed by atoms with Crippen LogP contribution in [-0.4, -0.2) is 40.7 Å². The summed E-state index contributed by atoms with van der Waals surface area (Å²) in [6.07, 6.45) is 2.37. The Morgan fingerprint density at radius 3 is 2.69 bits per heavy atom. The van der Waals surface area contributed by atoms with Gasteiger partial charge in [-0.15, -0.1) is 0 Å². The fourth-order valence-corrected chi connectivity index (χ4v) is 3.70. The Bertz CT molecular complexity index is 860. The van der Waals surface area contributed by atoms with Gasteiger partial charge in [-0.2, -0.15) is 0 Å². The van der Waals surface area contributed by atoms with E-state index in [1.165, 1.54) is 10.5 Å². The van der Waals surface area contributed by atoms with E-state index >= 15 is 0 Å². The van der Waals surface area contributed by atoms with E-state index in [0.29, 0.717) is 18.0 Å². The second-order valence-corrected chi connectivity index (χ2v) is 7.24. The van der Waals surface area contributed by atoms with Crippen LogP contribution < -0.4 is 5.73 Å². The molecule has 134 valence electrons. The van der Waals surface area contributed by atoms with E-state index in [1.54, 1.807) is 18.1 Å². The summed E-state index contributed by atoms with van der Waals surface area (Å²) in [7, 11) is 0. The summed E-state index contributed by atoms with van der Waals surface area (Å²) in [5, 5.41) is 4.16. The van der Waals surface area contributed by atoms with E-state index in [0.717, 1.165) is 37.6 Å². The lowest BCUT2D eigenvalue weighted by Gasteiger charge is -2.25. The number of aromatic nitrogens is 2. The van der Waals surface area contributed by atoms with Gasteiger partial charge in [-0.3, -0.25) is 0 Å². The van der Waals surface area contributed by atoms with E-state index in [-0.39, 0.29) is 0 Å². The molecular weight excluding hydrogens is 348 g/mol. The van der Waals surface area contributed by atoms with E-state index < -0.39 is 0 Å². The fraction of sp³-hybridized carbons (Fsp3) is 0.263. The molecule has 6 nitrogen and oxygen atoms in total. The van der Waals surface area contributed by atoms with Crippen LogP contribution in [0.3, 0.4) is 0 Å². The van der Waals surface area contributed by atoms with Crippen molar-refractivity contribution in [1.82, 2.24) is 14.4 Å². The normalized spacial score (nSPS) is 15.2. The highest BCUT2D eigenvalue weighted by Crippen LogP contribution is 2.26. The number of nitrogens with zero attached hydrogens (tertiary/aromatic N) is 3. The van der Waals surface area contributed by atoms with Gasteiger partial charge >= 0.3 is 0 Å². The molecule has 1 aromatic carbocycles. The zero-order valence-corrected chi connectivity index (χ0v) is 15.1. The predicted molar refractivity (Wildman–Crippen MR) is 102 cm³/mol. The highest BCUT2D eigenvalue weighted by Gasteiger charge is 2.13. The van der Waals surface area contributed by atoms with Crippen molar-refractivity contribution in [3.63, 3.8) is 0 Å². The fourth-order valence-electron chi connectivity index (χ4n) is 2.81. The van der Waals surface area contributed by atoms with Crippen LogP contribution in [-0.2, 0) is 11.2 Å². The Balaban J connectivity index is 1.41. The van der Waals surface area contributed by atoms with Crippen molar-refractivity contribution in [2.45, 2.75) is 11.3 Å². The lowest BCUT2D eigenvalue weighted by atomic mass is 10.1. The third-order valence-electron chi connectivity index (χ3n) is 4.18. The first kappa shape index (κ1) is 17.1. The Morgan fingerprint density at radius 1 is 1.12 bits per heavy atom. The Labute approximate surface area is 156 Å². The highest BCUT2D eigenvalue weighted by atomic mass is 32.2. The van der Waals surface area contributed by atoms with Gasteiger partial charge in [0, 0.05) is 36.7 Å². The average Bonchev–Trinajstić information content (AvgIpc) is 3.13. The lowest BCUT2D eigenvalue weighted by Crippen LogP contribution is -2.30. The van der Waals surface area contributed by atoms with Crippen LogP contribution in [0.4, 0.5) is 5.82 Å². The average molecular weight is 368 g/mol. The number of morpholine rings is 1. The molecule has 0 amide bonds. The van der Waals surface area contributed by atoms with Crippen molar-refractivity contribution in [1.29, 1.82) is 0 Å². The molecule has 0 unspecified atom stereocenters. The third kappa shape index (κ3) is 4.07. The topological polar surface area (TPSA) is 77.4 Å². The number of nitrogens with two attached hydrogens (primary N) is 1. The minimum Gasteiger partial charge on any atom is -0.383 e. The molecule has 0 saturated carbocycles. The Hall–Kier alpha value is -2.35. The summed E-state index contributed by atoms with van der Waals surface area (Å²) in [4.78, 5) is 5.32. The van der Waals surface area contributed by atoms with Crippen LogP contribution in [0.2, 0.25) is 0 Å². The first-order valence-electron chi connectivity index (χ1n) is 8.54. The van der Waals surface area contributed by atoms with Gasteiger partial charge in [0.1, 0.15) is 5.82 Å². The maximum absolute atomic E-state index is 5.89. The largest absolute Gasteiger partial charge is 0.383 e. The maximum Gasteiger partial charge on any atom is 0.170 e. The molecule has 1 saturated heterocycles. The molecule has 4 rings (SSSR count). The molecule has 1 aliphatic rings. The Morgan fingerprint density at radius 2 is 1.92 bits per heavy atom. The molecule has 0 atom stereocenters. The lowest BCUT2D eigenvalue weighted by molar-refractivity contribution is 0.0773. The van der Waals surface area contributed by atoms with Gasteiger partial charge in [-0.25, -0.2) is 9.29 Å². The summed E-state index contributed by atoms with van der Waals surface area (Å²) in [5.74, 6) is 1.09. The minimum absolute atomic E-state index is 0.444. The molecule has 0 aliphatic carbocycles. The van der Waals surface area contributed by atoms with Crippen molar-refractivity contribution >= 4 is 17.8 Å². The molecule has 0 spiro atoms. The second kappa shape index (κ2) is 7.90. The Kier molecular flexibility index (Phi) is 5.19. The molecule has 0 bridgehead atoms. The van der Waals surface area contributed by atoms with E-state index in [9.17, 15) is 0 Å². The summed E-state index contributed by atoms with van der Waals surface area (Å²) >= 11 is 1.78. The summed E-state index contributed by atoms with van der Waals surface area (Å²) in [6.45, 7) is 3.54. The summed E-state index contributed by atoms with van der Waals surface area (Å²) < 4.78 is 13.2. The van der Waals surface area contributed by atoms with E-state index in [4.69, 9.17) is 15.0 Å². The number of rotatable bonds is 5. The SMILES string of the molecule is Nc1ncccc1-c1cc(Cc2ccc(SN3CCOCC3)cc2)no1. The number of hydrogen-bond acceptors (Lipinski definition) is 7. The van der Waals surface area contributed by atoms with Crippen LogP contribution in [0.5, 0.6) is 0 Å². The standard InChI is InChI=1S/C19H20N4O2S/c20-19-17(2-1-7-21-19)18-13-15(22-25-18)12-14-3-5-16(6-4-14)26-23-8-10-24-11-9-23/h1-7,13H,8-12H2,(H2,20,21). The quantitative estimate of drug-likeness (QED) is 0.693. The number of hydrogen-bond donors (Lipinski definition) is 1. The van der Waals surface area contributed by atoms with Crippen molar-refractivity contribution in [2.75, 3.05) is 32.0 Å². The number of nitrogen functional groups attached to an aromatic ring is 1. The molecule has 26 heavy (non-hydrogen) atoms. The van der Waals surface area contributed by atoms with E-state index in [2.05, 4.69) is 38.7 Å². The van der Waals surface area contributed by atoms with Crippen LogP contribution >= 0.6 is 11.9 Å². The molecule has 0 radical (unpaired) electrons. The van der Waals surface area contributed by atoms with Crippen molar-refractivity contribution in [2.24, 2.45) is 0 Å². The number of pyridine rings is 1. The zero-order valence-electron chi connectivity index (χ0n) is 14.3. The van der Waals surface area contributed by atoms with Crippen LogP contribution in [0.1, 0.15) is 11.3 Å². The van der Waals surface area contributed by atoms with Crippen LogP contribution in [0, 0.1) is 0 Å². The molecule has 3 heterocycles. The van der Waals surface area contributed by atoms with Crippen LogP contribution in [0.25, 0.3) is 11.3 Å². The van der Waals surface area contributed by atoms with Crippen molar-refractivity contribution < 1.29 is 9.26 Å². The number of anilines is 1. The van der Waals surface area contributed by atoms with Gasteiger partial charge in [-0.1, -0.05) is 17.3 Å². The van der Waals surface area contributed by atoms with Gasteiger partial charge in [0.2, 0.25) is 0 Å². The molecule has 7 heteroatoms. The third-order valence-corrected chi connectivity index (χ3v) is 5.28. The molecule has 3 aromatic rings. The van der Waals surface area contributed by atoms with Crippen molar-refractivity contribution in [3.05, 3.63) is 59.9 Å².